The Kier molecular flexibility index (Phi) is 3.91. The molecule has 4 aromatic rings. The van der Waals surface area contributed by atoms with Gasteiger partial charge in [0.05, 0.1) is 13.0 Å². The first-order chi connectivity index (χ1) is 12.7. The van der Waals surface area contributed by atoms with Gasteiger partial charge >= 0.3 is 5.97 Å². The summed E-state index contributed by atoms with van der Waals surface area (Å²) in [6.45, 7) is 7.82. The Hall–Kier alpha value is -3.58. The maximum Gasteiger partial charge on any atom is 0.309 e. The van der Waals surface area contributed by atoms with Crippen molar-refractivity contribution < 1.29 is 9.90 Å². The summed E-state index contributed by atoms with van der Waals surface area (Å²) in [6.07, 6.45) is -0.0488. The van der Waals surface area contributed by atoms with Crippen LogP contribution in [0.2, 0.25) is 0 Å². The second-order valence-corrected chi connectivity index (χ2v) is 6.29. The number of aromatic nitrogens is 1. The lowest BCUT2D eigenvalue weighted by Gasteiger charge is -2.12. The molecular weight excluding hydrogens is 324 g/mol. The summed E-state index contributed by atoms with van der Waals surface area (Å²) in [4.78, 5) is 14.8. The SMILES string of the molecule is [C-]#[N+]c1ccc2cc(CC(=O)O)n(Cc3cccc4ccccc34)c2c1. The molecule has 0 bridgehead atoms. The van der Waals surface area contributed by atoms with Crippen LogP contribution in [-0.2, 0) is 17.8 Å². The van der Waals surface area contributed by atoms with Crippen LogP contribution in [0.25, 0.3) is 26.5 Å². The van der Waals surface area contributed by atoms with Crippen LogP contribution in [-0.4, -0.2) is 15.6 Å². The average molecular weight is 340 g/mol. The molecule has 1 aromatic heterocycles. The van der Waals surface area contributed by atoms with E-state index < -0.39 is 5.97 Å². The number of hydrogen-bond donors (Lipinski definition) is 1. The topological polar surface area (TPSA) is 46.6 Å². The van der Waals surface area contributed by atoms with Gasteiger partial charge < -0.3 is 9.67 Å². The van der Waals surface area contributed by atoms with Crippen molar-refractivity contribution in [1.82, 2.24) is 4.57 Å². The fourth-order valence-corrected chi connectivity index (χ4v) is 3.46. The Morgan fingerprint density at radius 1 is 1.00 bits per heavy atom. The van der Waals surface area contributed by atoms with Gasteiger partial charge in [-0.2, -0.15) is 0 Å². The molecule has 0 atom stereocenters. The summed E-state index contributed by atoms with van der Waals surface area (Å²) in [5, 5.41) is 12.6. The summed E-state index contributed by atoms with van der Waals surface area (Å²) in [5.41, 5.74) is 3.31. The van der Waals surface area contributed by atoms with Gasteiger partial charge in [0.2, 0.25) is 0 Å². The zero-order valence-electron chi connectivity index (χ0n) is 14.0. The molecule has 4 heteroatoms. The number of hydrogen-bond acceptors (Lipinski definition) is 1. The van der Waals surface area contributed by atoms with Crippen LogP contribution >= 0.6 is 0 Å². The van der Waals surface area contributed by atoms with Gasteiger partial charge in [-0.25, -0.2) is 4.85 Å². The zero-order valence-corrected chi connectivity index (χ0v) is 14.0. The van der Waals surface area contributed by atoms with E-state index in [1.165, 1.54) is 0 Å². The van der Waals surface area contributed by atoms with Gasteiger partial charge in [0, 0.05) is 17.8 Å². The molecule has 0 amide bonds. The highest BCUT2D eigenvalue weighted by Gasteiger charge is 2.13. The summed E-state index contributed by atoms with van der Waals surface area (Å²) in [7, 11) is 0. The second kappa shape index (κ2) is 6.38. The molecule has 4 rings (SSSR count). The van der Waals surface area contributed by atoms with Crippen LogP contribution < -0.4 is 0 Å². The third kappa shape index (κ3) is 2.80. The fraction of sp³-hybridized carbons (Fsp3) is 0.0909. The molecule has 4 nitrogen and oxygen atoms in total. The summed E-state index contributed by atoms with van der Waals surface area (Å²) in [5.74, 6) is -0.864. The van der Waals surface area contributed by atoms with Crippen molar-refractivity contribution in [2.24, 2.45) is 0 Å². The van der Waals surface area contributed by atoms with Crippen molar-refractivity contribution in [2.75, 3.05) is 0 Å². The molecular formula is C22H16N2O2. The highest BCUT2D eigenvalue weighted by atomic mass is 16.4. The van der Waals surface area contributed by atoms with E-state index in [0.29, 0.717) is 12.2 Å². The van der Waals surface area contributed by atoms with E-state index in [0.717, 1.165) is 32.9 Å². The van der Waals surface area contributed by atoms with Crippen LogP contribution in [0.15, 0.2) is 66.7 Å². The molecule has 26 heavy (non-hydrogen) atoms. The molecule has 0 saturated heterocycles. The summed E-state index contributed by atoms with van der Waals surface area (Å²) in [6, 6.07) is 21.7. The van der Waals surface area contributed by atoms with E-state index in [-0.39, 0.29) is 6.42 Å². The number of rotatable bonds is 4. The minimum atomic E-state index is -0.864. The van der Waals surface area contributed by atoms with Crippen molar-refractivity contribution in [2.45, 2.75) is 13.0 Å². The molecule has 0 fully saturated rings. The first-order valence-electron chi connectivity index (χ1n) is 8.34. The van der Waals surface area contributed by atoms with Gasteiger partial charge in [0.1, 0.15) is 0 Å². The maximum absolute atomic E-state index is 11.3. The number of carboxylic acid groups (broad SMARTS) is 1. The number of aliphatic carboxylic acids is 1. The van der Waals surface area contributed by atoms with E-state index >= 15 is 0 Å². The minimum Gasteiger partial charge on any atom is -0.481 e. The summed E-state index contributed by atoms with van der Waals surface area (Å²) >= 11 is 0. The quantitative estimate of drug-likeness (QED) is 0.530. The largest absolute Gasteiger partial charge is 0.481 e. The molecule has 1 N–H and O–H groups in total. The van der Waals surface area contributed by atoms with Crippen LogP contribution in [0.3, 0.4) is 0 Å². The molecule has 0 aliphatic rings. The van der Waals surface area contributed by atoms with E-state index in [9.17, 15) is 9.90 Å². The van der Waals surface area contributed by atoms with Crippen molar-refractivity contribution in [3.63, 3.8) is 0 Å². The van der Waals surface area contributed by atoms with Crippen molar-refractivity contribution in [3.8, 4) is 0 Å². The predicted octanol–water partition coefficient (Wildman–Crippen LogP) is 5.02. The fourth-order valence-electron chi connectivity index (χ4n) is 3.46. The Morgan fingerprint density at radius 2 is 1.81 bits per heavy atom. The highest BCUT2D eigenvalue weighted by Crippen LogP contribution is 2.28. The minimum absolute atomic E-state index is 0.0488. The van der Waals surface area contributed by atoms with Crippen molar-refractivity contribution >= 4 is 33.3 Å². The molecule has 0 saturated carbocycles. The Bertz CT molecular complexity index is 1180. The van der Waals surface area contributed by atoms with Crippen LogP contribution in [0, 0.1) is 6.57 Å². The molecule has 0 aliphatic carbocycles. The van der Waals surface area contributed by atoms with Gasteiger partial charge in [-0.3, -0.25) is 4.79 Å². The van der Waals surface area contributed by atoms with Crippen LogP contribution in [0.1, 0.15) is 11.3 Å². The summed E-state index contributed by atoms with van der Waals surface area (Å²) < 4.78 is 2.01. The third-order valence-corrected chi connectivity index (χ3v) is 4.64. The molecule has 1 heterocycles. The zero-order chi connectivity index (χ0) is 18.1. The first kappa shape index (κ1) is 15.9. The lowest BCUT2D eigenvalue weighted by molar-refractivity contribution is -0.136. The molecule has 3 aromatic carbocycles. The predicted molar refractivity (Wildman–Crippen MR) is 103 cm³/mol. The number of benzene rings is 3. The van der Waals surface area contributed by atoms with E-state index in [1.54, 1.807) is 6.07 Å². The Labute approximate surface area is 150 Å². The normalized spacial score (nSPS) is 10.9. The van der Waals surface area contributed by atoms with E-state index in [4.69, 9.17) is 6.57 Å². The van der Waals surface area contributed by atoms with E-state index in [1.807, 2.05) is 41.0 Å². The number of nitrogens with zero attached hydrogens (tertiary/aromatic N) is 2. The van der Waals surface area contributed by atoms with Gasteiger partial charge in [-0.15, -0.1) is 0 Å². The highest BCUT2D eigenvalue weighted by molar-refractivity contribution is 5.88. The molecule has 0 spiro atoms. The monoisotopic (exact) mass is 340 g/mol. The smallest absolute Gasteiger partial charge is 0.309 e. The van der Waals surface area contributed by atoms with Crippen LogP contribution in [0.5, 0.6) is 0 Å². The number of carbonyl (C=O) groups is 1. The third-order valence-electron chi connectivity index (χ3n) is 4.64. The lowest BCUT2D eigenvalue weighted by atomic mass is 10.0. The molecule has 0 unspecified atom stereocenters. The maximum atomic E-state index is 11.3. The van der Waals surface area contributed by atoms with Gasteiger partial charge in [-0.1, -0.05) is 54.6 Å². The van der Waals surface area contributed by atoms with Crippen molar-refractivity contribution in [3.05, 3.63) is 89.4 Å². The van der Waals surface area contributed by atoms with Gasteiger partial charge in [0.25, 0.3) is 0 Å². The lowest BCUT2D eigenvalue weighted by Crippen LogP contribution is -2.09. The first-order valence-corrected chi connectivity index (χ1v) is 8.34. The number of carboxylic acids is 1. The molecule has 126 valence electrons. The second-order valence-electron chi connectivity index (χ2n) is 6.29. The van der Waals surface area contributed by atoms with Gasteiger partial charge in [-0.05, 0) is 33.9 Å². The standard InChI is InChI=1S/C22H16N2O2/c1-23-18-10-9-16-11-19(13-22(25)26)24(21(16)12-18)14-17-7-4-6-15-5-2-3-8-20(15)17/h2-12H,13-14H2,(H,25,26). The molecule has 0 radical (unpaired) electrons. The van der Waals surface area contributed by atoms with E-state index in [2.05, 4.69) is 29.1 Å². The molecule has 0 aliphatic heterocycles. The Morgan fingerprint density at radius 3 is 2.62 bits per heavy atom. The average Bonchev–Trinajstić information content (AvgIpc) is 2.97. The van der Waals surface area contributed by atoms with Crippen LogP contribution in [0.4, 0.5) is 5.69 Å². The number of fused-ring (bicyclic) bond motifs is 2. The Balaban J connectivity index is 1.91. The van der Waals surface area contributed by atoms with Gasteiger partial charge in [0.15, 0.2) is 5.69 Å². The van der Waals surface area contributed by atoms with Crippen molar-refractivity contribution in [1.29, 1.82) is 0 Å².